The van der Waals surface area contributed by atoms with Crippen LogP contribution in [0.4, 0.5) is 0 Å². The molecular formula is C37H41N3O3S. The number of aromatic nitrogens is 3. The van der Waals surface area contributed by atoms with Crippen LogP contribution in [0.5, 0.6) is 0 Å². The Bertz CT molecular complexity index is 1670. The lowest BCUT2D eigenvalue weighted by Crippen LogP contribution is -2.67. The fourth-order valence-electron chi connectivity index (χ4n) is 10.7. The number of benzene rings is 2. The molecule has 3 aromatic rings. The first kappa shape index (κ1) is 28.5. The lowest BCUT2D eigenvalue weighted by Gasteiger charge is -2.71. The second-order valence-electron chi connectivity index (χ2n) is 14.6. The molecule has 228 valence electrons. The summed E-state index contributed by atoms with van der Waals surface area (Å²) in [5.74, 6) is 1.02. The van der Waals surface area contributed by atoms with Crippen molar-refractivity contribution in [3.05, 3.63) is 90.3 Å². The number of carbonyl (C=O) groups excluding carboxylic acids is 1. The van der Waals surface area contributed by atoms with Crippen molar-refractivity contribution in [2.75, 3.05) is 5.75 Å². The van der Waals surface area contributed by atoms with Gasteiger partial charge >= 0.3 is 0 Å². The second kappa shape index (κ2) is 9.75. The Balaban J connectivity index is 1.28. The largest absolute Gasteiger partial charge is 0.393 e. The zero-order chi connectivity index (χ0) is 30.4. The minimum absolute atomic E-state index is 0.0552. The molecule has 6 aliphatic rings. The van der Waals surface area contributed by atoms with Crippen LogP contribution >= 0.6 is 11.8 Å². The molecule has 3 saturated carbocycles. The van der Waals surface area contributed by atoms with Gasteiger partial charge in [-0.25, -0.2) is 4.98 Å². The molecule has 44 heavy (non-hydrogen) atoms. The number of Topliss-reactive ketones (excluding diaryl/α,β-unsaturated/α-hetero) is 1. The van der Waals surface area contributed by atoms with Crippen molar-refractivity contribution in [2.24, 2.45) is 33.5 Å². The zero-order valence-electron chi connectivity index (χ0n) is 25.5. The molecule has 1 heterocycles. The van der Waals surface area contributed by atoms with Crippen LogP contribution in [0.1, 0.15) is 69.2 Å². The zero-order valence-corrected chi connectivity index (χ0v) is 26.3. The van der Waals surface area contributed by atoms with Crippen molar-refractivity contribution in [2.45, 2.75) is 75.7 Å². The van der Waals surface area contributed by atoms with Crippen LogP contribution in [-0.2, 0) is 0 Å². The number of nitrogens with zero attached hydrogens (tertiary/aromatic N) is 2. The Morgan fingerprint density at radius 1 is 0.955 bits per heavy atom. The summed E-state index contributed by atoms with van der Waals surface area (Å²) >= 11 is 1.54. The van der Waals surface area contributed by atoms with E-state index in [-0.39, 0.29) is 40.0 Å². The summed E-state index contributed by atoms with van der Waals surface area (Å²) in [6.07, 6.45) is 14.0. The summed E-state index contributed by atoms with van der Waals surface area (Å²) < 4.78 is 0. The summed E-state index contributed by atoms with van der Waals surface area (Å²) in [4.78, 5) is 19.5. The van der Waals surface area contributed by atoms with Gasteiger partial charge in [-0.1, -0.05) is 98.4 Å². The van der Waals surface area contributed by atoms with E-state index in [1.54, 1.807) is 0 Å². The normalized spacial score (nSPS) is 40.2. The van der Waals surface area contributed by atoms with Gasteiger partial charge < -0.3 is 10.2 Å². The number of nitrogens with one attached hydrogen (secondary N) is 1. The fraction of sp³-hybridized carbons (Fsp3) is 0.486. The number of thioether (sulfide) groups is 1. The Morgan fingerprint density at radius 3 is 2.48 bits per heavy atom. The molecule has 9 rings (SSSR count). The van der Waals surface area contributed by atoms with Gasteiger partial charge in [0.05, 0.1) is 11.7 Å². The van der Waals surface area contributed by atoms with E-state index in [9.17, 15) is 10.2 Å². The predicted octanol–water partition coefficient (Wildman–Crippen LogP) is 7.04. The van der Waals surface area contributed by atoms with Gasteiger partial charge in [-0.05, 0) is 73.3 Å². The molecule has 6 aliphatic carbocycles. The molecule has 2 bridgehead atoms. The number of aliphatic hydroxyl groups excluding tert-OH is 1. The quantitative estimate of drug-likeness (QED) is 0.158. The SMILES string of the molecule is CC12CCC(O)CC13C=CC1(C(C(=O)c4ccccc4-c4ccccc4)=C3)C2CCC2(C)C1CCC2(O)CSc1ncn[nH]1. The van der Waals surface area contributed by atoms with Crippen molar-refractivity contribution in [1.29, 1.82) is 0 Å². The standard InChI is InChI=1S/C37H41N3O3S/c1-33-15-12-25(41)20-35(33)18-19-37(28(21-35)31(42)27-11-7-6-10-26(27)24-8-4-3-5-9-24)29(33)13-16-34(2)30(37)14-17-36(34,43)22-44-32-38-23-39-40-32/h3-11,18-19,21,23,25,29-30,41,43H,12-17,20,22H2,1-2H3,(H,38,39,40). The number of ketones is 1. The van der Waals surface area contributed by atoms with Gasteiger partial charge in [0.1, 0.15) is 6.33 Å². The van der Waals surface area contributed by atoms with Crippen LogP contribution in [0.25, 0.3) is 11.1 Å². The third-order valence-corrected chi connectivity index (χ3v) is 14.1. The Labute approximate surface area is 263 Å². The number of aliphatic hydroxyl groups is 2. The van der Waals surface area contributed by atoms with Crippen molar-refractivity contribution in [3.8, 4) is 11.1 Å². The van der Waals surface area contributed by atoms with Gasteiger partial charge in [0.25, 0.3) is 0 Å². The molecule has 0 aliphatic heterocycles. The number of aromatic amines is 1. The molecule has 1 aromatic heterocycles. The summed E-state index contributed by atoms with van der Waals surface area (Å²) in [7, 11) is 0. The molecule has 0 radical (unpaired) electrons. The molecule has 2 aromatic carbocycles. The monoisotopic (exact) mass is 607 g/mol. The number of rotatable bonds is 6. The van der Waals surface area contributed by atoms with Gasteiger partial charge in [-0.2, -0.15) is 5.10 Å². The first-order valence-electron chi connectivity index (χ1n) is 16.2. The van der Waals surface area contributed by atoms with E-state index in [2.05, 4.69) is 65.5 Å². The molecule has 6 nitrogen and oxygen atoms in total. The van der Waals surface area contributed by atoms with Gasteiger partial charge in [0.2, 0.25) is 0 Å². The maximum atomic E-state index is 15.2. The van der Waals surface area contributed by atoms with Crippen LogP contribution in [0.15, 0.2) is 89.9 Å². The first-order chi connectivity index (χ1) is 21.2. The van der Waals surface area contributed by atoms with Crippen LogP contribution in [0, 0.1) is 33.5 Å². The number of H-pyrrole nitrogens is 1. The lowest BCUT2D eigenvalue weighted by molar-refractivity contribution is -0.166. The first-order valence-corrected chi connectivity index (χ1v) is 17.2. The summed E-state index contributed by atoms with van der Waals surface area (Å²) in [6.45, 7) is 4.72. The van der Waals surface area contributed by atoms with Gasteiger partial charge in [0, 0.05) is 33.1 Å². The molecule has 0 saturated heterocycles. The van der Waals surface area contributed by atoms with E-state index in [1.807, 2.05) is 36.4 Å². The predicted molar refractivity (Wildman–Crippen MR) is 172 cm³/mol. The van der Waals surface area contributed by atoms with Crippen LogP contribution in [0.3, 0.4) is 0 Å². The second-order valence-corrected chi connectivity index (χ2v) is 15.6. The van der Waals surface area contributed by atoms with Crippen LogP contribution in [-0.4, -0.2) is 48.6 Å². The van der Waals surface area contributed by atoms with Crippen molar-refractivity contribution in [3.63, 3.8) is 0 Å². The number of hydrogen-bond acceptors (Lipinski definition) is 6. The number of fused-ring (bicyclic) bond motifs is 1. The summed E-state index contributed by atoms with van der Waals surface area (Å²) in [6, 6.07) is 18.2. The van der Waals surface area contributed by atoms with E-state index in [4.69, 9.17) is 0 Å². The van der Waals surface area contributed by atoms with E-state index in [1.165, 1.54) is 18.1 Å². The molecule has 0 amide bonds. The molecular weight excluding hydrogens is 566 g/mol. The van der Waals surface area contributed by atoms with Crippen LogP contribution in [0.2, 0.25) is 0 Å². The van der Waals surface area contributed by atoms with Gasteiger partial charge in [-0.15, -0.1) is 0 Å². The highest BCUT2D eigenvalue weighted by atomic mass is 32.2. The van der Waals surface area contributed by atoms with Crippen molar-refractivity contribution >= 4 is 17.5 Å². The minimum atomic E-state index is -0.894. The Morgan fingerprint density at radius 2 is 1.68 bits per heavy atom. The van der Waals surface area contributed by atoms with E-state index < -0.39 is 11.0 Å². The third kappa shape index (κ3) is 3.66. The number of allylic oxidation sites excluding steroid dienone is 4. The van der Waals surface area contributed by atoms with Crippen LogP contribution < -0.4 is 0 Å². The van der Waals surface area contributed by atoms with E-state index >= 15 is 4.79 Å². The molecule has 7 heteroatoms. The van der Waals surface area contributed by atoms with E-state index in [0.29, 0.717) is 18.6 Å². The molecule has 8 atom stereocenters. The molecule has 3 N–H and O–H groups in total. The smallest absolute Gasteiger partial charge is 0.190 e. The molecule has 3 fully saturated rings. The highest BCUT2D eigenvalue weighted by Crippen LogP contribution is 2.78. The Hall–Kier alpha value is -3.00. The van der Waals surface area contributed by atoms with E-state index in [0.717, 1.165) is 59.5 Å². The molecule has 8 unspecified atom stereocenters. The minimum Gasteiger partial charge on any atom is -0.393 e. The van der Waals surface area contributed by atoms with Crippen molar-refractivity contribution in [1.82, 2.24) is 15.2 Å². The maximum Gasteiger partial charge on any atom is 0.190 e. The highest BCUT2D eigenvalue weighted by Gasteiger charge is 2.74. The number of carbonyl (C=O) groups is 1. The maximum absolute atomic E-state index is 15.2. The third-order valence-electron chi connectivity index (χ3n) is 13.1. The number of hydrogen-bond donors (Lipinski definition) is 3. The topological polar surface area (TPSA) is 99.1 Å². The average Bonchev–Trinajstić information content (AvgIpc) is 3.66. The van der Waals surface area contributed by atoms with Gasteiger partial charge in [0.15, 0.2) is 10.9 Å². The summed E-state index contributed by atoms with van der Waals surface area (Å²) in [5.41, 5.74) is 1.45. The Kier molecular flexibility index (Phi) is 6.31. The van der Waals surface area contributed by atoms with Crippen molar-refractivity contribution < 1.29 is 15.0 Å². The summed E-state index contributed by atoms with van der Waals surface area (Å²) in [5, 5.41) is 31.1. The lowest BCUT2D eigenvalue weighted by atomic mass is 9.32. The van der Waals surface area contributed by atoms with Gasteiger partial charge in [-0.3, -0.25) is 9.89 Å². The average molecular weight is 608 g/mol. The highest BCUT2D eigenvalue weighted by molar-refractivity contribution is 7.99. The fourth-order valence-corrected chi connectivity index (χ4v) is 11.8. The molecule has 2 spiro atoms.